The predicted octanol–water partition coefficient (Wildman–Crippen LogP) is 3.15. The van der Waals surface area contributed by atoms with E-state index in [1.165, 1.54) is 0 Å². The second kappa shape index (κ2) is 6.69. The van der Waals surface area contributed by atoms with E-state index in [4.69, 9.17) is 11.0 Å². The summed E-state index contributed by atoms with van der Waals surface area (Å²) in [6.07, 6.45) is 2.19. The molecular weight excluding hydrogens is 248 g/mol. The first-order valence-electron chi connectivity index (χ1n) is 6.64. The van der Waals surface area contributed by atoms with E-state index in [-0.39, 0.29) is 6.04 Å². The summed E-state index contributed by atoms with van der Waals surface area (Å²) < 4.78 is 0. The molecule has 2 N–H and O–H groups in total. The van der Waals surface area contributed by atoms with Crippen LogP contribution in [0.1, 0.15) is 24.9 Å². The second-order valence-electron chi connectivity index (χ2n) is 4.60. The molecule has 1 aromatic heterocycles. The van der Waals surface area contributed by atoms with Gasteiger partial charge < -0.3 is 10.6 Å². The lowest BCUT2D eigenvalue weighted by atomic mass is 10.1. The lowest BCUT2D eigenvalue weighted by Crippen LogP contribution is -2.22. The SMILES string of the molecule is C[C@H](N)c1cccnc1N(CCC#N)c1ccccc1. The third kappa shape index (κ3) is 3.14. The van der Waals surface area contributed by atoms with E-state index >= 15 is 0 Å². The van der Waals surface area contributed by atoms with Crippen LogP contribution in [0.25, 0.3) is 0 Å². The monoisotopic (exact) mass is 266 g/mol. The van der Waals surface area contributed by atoms with Crippen molar-refractivity contribution in [1.29, 1.82) is 5.26 Å². The highest BCUT2D eigenvalue weighted by Crippen LogP contribution is 2.29. The standard InChI is InChI=1S/C16H18N4/c1-13(18)15-9-5-11-19-16(15)20(12-6-10-17)14-7-3-2-4-8-14/h2-5,7-9,11,13H,6,12,18H2,1H3/t13-/m0/s1. The molecule has 0 unspecified atom stereocenters. The molecule has 0 aliphatic rings. The maximum Gasteiger partial charge on any atom is 0.137 e. The summed E-state index contributed by atoms with van der Waals surface area (Å²) >= 11 is 0. The smallest absolute Gasteiger partial charge is 0.137 e. The lowest BCUT2D eigenvalue weighted by molar-refractivity contribution is 0.797. The molecule has 20 heavy (non-hydrogen) atoms. The van der Waals surface area contributed by atoms with Crippen LogP contribution in [0.15, 0.2) is 48.7 Å². The van der Waals surface area contributed by atoms with E-state index in [0.29, 0.717) is 13.0 Å². The van der Waals surface area contributed by atoms with Crippen molar-refractivity contribution in [2.45, 2.75) is 19.4 Å². The van der Waals surface area contributed by atoms with Crippen LogP contribution in [0.3, 0.4) is 0 Å². The molecule has 0 aliphatic carbocycles. The Morgan fingerprint density at radius 2 is 2.00 bits per heavy atom. The molecule has 1 aromatic carbocycles. The van der Waals surface area contributed by atoms with Gasteiger partial charge in [0.05, 0.1) is 12.5 Å². The van der Waals surface area contributed by atoms with Gasteiger partial charge in [-0.1, -0.05) is 24.3 Å². The maximum atomic E-state index is 8.87. The number of pyridine rings is 1. The topological polar surface area (TPSA) is 65.9 Å². The fourth-order valence-electron chi connectivity index (χ4n) is 2.12. The molecule has 0 spiro atoms. The van der Waals surface area contributed by atoms with Crippen LogP contribution in [0.5, 0.6) is 0 Å². The van der Waals surface area contributed by atoms with E-state index in [2.05, 4.69) is 11.1 Å². The summed E-state index contributed by atoms with van der Waals surface area (Å²) in [6, 6.07) is 15.9. The Kier molecular flexibility index (Phi) is 4.70. The van der Waals surface area contributed by atoms with Crippen molar-refractivity contribution in [3.05, 3.63) is 54.2 Å². The fourth-order valence-corrected chi connectivity index (χ4v) is 2.12. The van der Waals surface area contributed by atoms with E-state index in [0.717, 1.165) is 17.1 Å². The van der Waals surface area contributed by atoms with Gasteiger partial charge in [0.25, 0.3) is 0 Å². The molecule has 2 rings (SSSR count). The van der Waals surface area contributed by atoms with Gasteiger partial charge in [-0.2, -0.15) is 5.26 Å². The van der Waals surface area contributed by atoms with E-state index in [1.54, 1.807) is 6.20 Å². The van der Waals surface area contributed by atoms with Gasteiger partial charge >= 0.3 is 0 Å². The minimum absolute atomic E-state index is 0.105. The number of hydrogen-bond donors (Lipinski definition) is 1. The Morgan fingerprint density at radius 1 is 1.25 bits per heavy atom. The molecule has 4 heteroatoms. The summed E-state index contributed by atoms with van der Waals surface area (Å²) in [4.78, 5) is 6.51. The molecule has 0 aliphatic heterocycles. The first kappa shape index (κ1) is 14.0. The minimum Gasteiger partial charge on any atom is -0.325 e. The molecule has 0 saturated carbocycles. The number of hydrogen-bond acceptors (Lipinski definition) is 4. The molecule has 0 amide bonds. The summed E-state index contributed by atoms with van der Waals surface area (Å²) in [5.41, 5.74) is 8.03. The molecule has 0 saturated heterocycles. The Morgan fingerprint density at radius 3 is 2.65 bits per heavy atom. The van der Waals surface area contributed by atoms with Crippen molar-refractivity contribution in [2.75, 3.05) is 11.4 Å². The van der Waals surface area contributed by atoms with Crippen molar-refractivity contribution in [2.24, 2.45) is 5.73 Å². The summed E-state index contributed by atoms with van der Waals surface area (Å²) in [7, 11) is 0. The lowest BCUT2D eigenvalue weighted by Gasteiger charge is -2.26. The van der Waals surface area contributed by atoms with Gasteiger partial charge in [-0.15, -0.1) is 0 Å². The quantitative estimate of drug-likeness (QED) is 0.902. The highest BCUT2D eigenvalue weighted by Gasteiger charge is 2.16. The van der Waals surface area contributed by atoms with Crippen LogP contribution < -0.4 is 10.6 Å². The molecular formula is C16H18N4. The van der Waals surface area contributed by atoms with E-state index in [1.807, 2.05) is 54.3 Å². The zero-order valence-corrected chi connectivity index (χ0v) is 11.5. The Hall–Kier alpha value is -2.38. The van der Waals surface area contributed by atoms with Crippen LogP contribution in [0, 0.1) is 11.3 Å². The number of rotatable bonds is 5. The largest absolute Gasteiger partial charge is 0.325 e. The summed E-state index contributed by atoms with van der Waals surface area (Å²) in [5, 5.41) is 8.87. The third-order valence-corrected chi connectivity index (χ3v) is 3.08. The highest BCUT2D eigenvalue weighted by molar-refractivity contribution is 5.63. The Bertz CT molecular complexity index is 587. The first-order chi connectivity index (χ1) is 9.74. The van der Waals surface area contributed by atoms with Crippen LogP contribution in [-0.4, -0.2) is 11.5 Å². The number of nitrogens with zero attached hydrogens (tertiary/aromatic N) is 3. The predicted molar refractivity (Wildman–Crippen MR) is 80.5 cm³/mol. The zero-order valence-electron chi connectivity index (χ0n) is 11.5. The highest BCUT2D eigenvalue weighted by atomic mass is 15.2. The second-order valence-corrected chi connectivity index (χ2v) is 4.60. The number of anilines is 2. The average molecular weight is 266 g/mol. The van der Waals surface area contributed by atoms with E-state index < -0.39 is 0 Å². The molecule has 1 atom stereocenters. The third-order valence-electron chi connectivity index (χ3n) is 3.08. The Labute approximate surface area is 119 Å². The summed E-state index contributed by atoms with van der Waals surface area (Å²) in [5.74, 6) is 0.823. The van der Waals surface area contributed by atoms with E-state index in [9.17, 15) is 0 Å². The van der Waals surface area contributed by atoms with Crippen molar-refractivity contribution in [1.82, 2.24) is 4.98 Å². The minimum atomic E-state index is -0.105. The zero-order chi connectivity index (χ0) is 14.4. The average Bonchev–Trinajstić information content (AvgIpc) is 2.49. The molecule has 2 aromatic rings. The van der Waals surface area contributed by atoms with Crippen molar-refractivity contribution in [3.63, 3.8) is 0 Å². The Balaban J connectivity index is 2.45. The molecule has 0 fully saturated rings. The van der Waals surface area contributed by atoms with Gasteiger partial charge in [-0.05, 0) is 25.1 Å². The molecule has 1 heterocycles. The normalized spacial score (nSPS) is 11.7. The summed E-state index contributed by atoms with van der Waals surface area (Å²) in [6.45, 7) is 2.53. The number of nitrogens with two attached hydrogens (primary N) is 1. The van der Waals surface area contributed by atoms with Crippen molar-refractivity contribution < 1.29 is 0 Å². The molecule has 102 valence electrons. The van der Waals surface area contributed by atoms with Gasteiger partial charge in [0.15, 0.2) is 0 Å². The molecule has 0 bridgehead atoms. The number of aromatic nitrogens is 1. The van der Waals surface area contributed by atoms with Crippen LogP contribution in [-0.2, 0) is 0 Å². The first-order valence-corrected chi connectivity index (χ1v) is 6.64. The van der Waals surface area contributed by atoms with Gasteiger partial charge in [0, 0.05) is 30.0 Å². The fraction of sp³-hybridized carbons (Fsp3) is 0.250. The van der Waals surface area contributed by atoms with Crippen molar-refractivity contribution in [3.8, 4) is 6.07 Å². The van der Waals surface area contributed by atoms with Gasteiger partial charge in [0.1, 0.15) is 5.82 Å². The maximum absolute atomic E-state index is 8.87. The number of nitriles is 1. The van der Waals surface area contributed by atoms with Crippen LogP contribution in [0.4, 0.5) is 11.5 Å². The number of para-hydroxylation sites is 1. The van der Waals surface area contributed by atoms with Gasteiger partial charge in [-0.3, -0.25) is 0 Å². The number of benzene rings is 1. The van der Waals surface area contributed by atoms with Crippen LogP contribution >= 0.6 is 0 Å². The molecule has 0 radical (unpaired) electrons. The van der Waals surface area contributed by atoms with Crippen molar-refractivity contribution >= 4 is 11.5 Å². The van der Waals surface area contributed by atoms with Gasteiger partial charge in [-0.25, -0.2) is 4.98 Å². The van der Waals surface area contributed by atoms with Crippen LogP contribution in [0.2, 0.25) is 0 Å². The van der Waals surface area contributed by atoms with Gasteiger partial charge in [0.2, 0.25) is 0 Å². The molecule has 4 nitrogen and oxygen atoms in total.